The summed E-state index contributed by atoms with van der Waals surface area (Å²) in [6.45, 7) is 0.380. The van der Waals surface area contributed by atoms with Gasteiger partial charge >= 0.3 is 0 Å². The number of sulfonamides is 1. The van der Waals surface area contributed by atoms with Crippen LogP contribution in [0.5, 0.6) is 0 Å². The van der Waals surface area contributed by atoms with Crippen molar-refractivity contribution in [3.8, 4) is 0 Å². The van der Waals surface area contributed by atoms with Crippen LogP contribution in [0.15, 0.2) is 46.0 Å². The summed E-state index contributed by atoms with van der Waals surface area (Å²) in [5.74, 6) is -0.520. The van der Waals surface area contributed by atoms with Crippen LogP contribution < -0.4 is 10.0 Å². The quantitative estimate of drug-likeness (QED) is 0.811. The number of hydrogen-bond acceptors (Lipinski definition) is 5. The number of rotatable bonds is 6. The van der Waals surface area contributed by atoms with Crippen molar-refractivity contribution in [3.63, 3.8) is 0 Å². The molecule has 0 bridgehead atoms. The highest BCUT2D eigenvalue weighted by atomic mass is 32.2. The van der Waals surface area contributed by atoms with Crippen molar-refractivity contribution in [3.05, 3.63) is 48.0 Å². The van der Waals surface area contributed by atoms with Crippen molar-refractivity contribution >= 4 is 15.9 Å². The third-order valence-electron chi connectivity index (χ3n) is 2.73. The molecule has 2 heterocycles. The second kappa shape index (κ2) is 6.51. The number of aromatic nitrogens is 1. The van der Waals surface area contributed by atoms with Gasteiger partial charge < -0.3 is 9.73 Å². The molecule has 0 unspecified atom stereocenters. The van der Waals surface area contributed by atoms with Crippen molar-refractivity contribution in [1.29, 1.82) is 0 Å². The maximum absolute atomic E-state index is 11.8. The number of nitrogens with zero attached hydrogens (tertiary/aromatic N) is 1. The first-order valence-electron chi connectivity index (χ1n) is 6.24. The van der Waals surface area contributed by atoms with Crippen LogP contribution >= 0.6 is 0 Å². The van der Waals surface area contributed by atoms with E-state index in [0.717, 1.165) is 5.69 Å². The largest absolute Gasteiger partial charge is 0.438 e. The molecular formula is C13H15N3O4S. The van der Waals surface area contributed by atoms with Gasteiger partial charge in [0, 0.05) is 24.9 Å². The van der Waals surface area contributed by atoms with E-state index < -0.39 is 15.9 Å². The fraction of sp³-hybridized carbons (Fsp3) is 0.231. The summed E-state index contributed by atoms with van der Waals surface area (Å²) >= 11 is 0. The van der Waals surface area contributed by atoms with Crippen molar-refractivity contribution in [1.82, 2.24) is 15.0 Å². The van der Waals surface area contributed by atoms with Crippen LogP contribution in [0.3, 0.4) is 0 Å². The Bertz CT molecular complexity index is 710. The Hall–Kier alpha value is -2.19. The normalized spacial score (nSPS) is 11.3. The van der Waals surface area contributed by atoms with Crippen LogP contribution in [0.4, 0.5) is 0 Å². The lowest BCUT2D eigenvalue weighted by atomic mass is 10.2. The number of hydrogen-bond donors (Lipinski definition) is 2. The molecule has 0 saturated carbocycles. The van der Waals surface area contributed by atoms with Crippen LogP contribution in [0.1, 0.15) is 16.2 Å². The Morgan fingerprint density at radius 1 is 1.29 bits per heavy atom. The molecule has 2 rings (SSSR count). The second-order valence-electron chi connectivity index (χ2n) is 4.15. The summed E-state index contributed by atoms with van der Waals surface area (Å²) in [6, 6.07) is 8.09. The van der Waals surface area contributed by atoms with E-state index in [1.165, 1.54) is 19.2 Å². The van der Waals surface area contributed by atoms with E-state index in [2.05, 4.69) is 15.0 Å². The molecule has 1 amide bonds. The van der Waals surface area contributed by atoms with Gasteiger partial charge in [0.15, 0.2) is 5.76 Å². The van der Waals surface area contributed by atoms with E-state index in [9.17, 15) is 13.2 Å². The summed E-state index contributed by atoms with van der Waals surface area (Å²) in [7, 11) is -2.41. The molecular weight excluding hydrogens is 294 g/mol. The van der Waals surface area contributed by atoms with Gasteiger partial charge in [-0.15, -0.1) is 0 Å². The minimum absolute atomic E-state index is 0.0511. The molecule has 0 aliphatic carbocycles. The molecule has 0 radical (unpaired) electrons. The molecule has 0 saturated heterocycles. The predicted molar refractivity (Wildman–Crippen MR) is 75.2 cm³/mol. The van der Waals surface area contributed by atoms with Crippen LogP contribution in [0.25, 0.3) is 0 Å². The molecule has 0 aliphatic heterocycles. The molecule has 0 aromatic carbocycles. The van der Waals surface area contributed by atoms with Gasteiger partial charge in [0.25, 0.3) is 15.9 Å². The average molecular weight is 309 g/mol. The Balaban J connectivity index is 1.92. The zero-order valence-electron chi connectivity index (χ0n) is 11.4. The molecule has 0 spiro atoms. The van der Waals surface area contributed by atoms with Gasteiger partial charge in [0.1, 0.15) is 0 Å². The first-order chi connectivity index (χ1) is 10.0. The average Bonchev–Trinajstić information content (AvgIpc) is 2.99. The van der Waals surface area contributed by atoms with E-state index >= 15 is 0 Å². The summed E-state index contributed by atoms with van der Waals surface area (Å²) < 4.78 is 30.1. The molecule has 112 valence electrons. The summed E-state index contributed by atoms with van der Waals surface area (Å²) in [6.07, 6.45) is 2.26. The number of pyridine rings is 1. The van der Waals surface area contributed by atoms with Gasteiger partial charge in [-0.1, -0.05) is 6.07 Å². The maximum Gasteiger partial charge on any atom is 0.287 e. The Morgan fingerprint density at radius 2 is 2.10 bits per heavy atom. The molecule has 7 nitrogen and oxygen atoms in total. The van der Waals surface area contributed by atoms with Crippen LogP contribution in [-0.2, 0) is 16.4 Å². The number of carbonyl (C=O) groups excluding carboxylic acids is 1. The summed E-state index contributed by atoms with van der Waals surface area (Å²) in [5.41, 5.74) is 0.857. The number of furan rings is 1. The maximum atomic E-state index is 11.8. The molecule has 0 atom stereocenters. The molecule has 2 aromatic rings. The van der Waals surface area contributed by atoms with E-state index in [0.29, 0.717) is 13.0 Å². The lowest BCUT2D eigenvalue weighted by Gasteiger charge is -2.03. The van der Waals surface area contributed by atoms with Gasteiger partial charge in [-0.05, 0) is 31.3 Å². The van der Waals surface area contributed by atoms with Gasteiger partial charge in [0.05, 0.1) is 0 Å². The first kappa shape index (κ1) is 15.2. The molecule has 0 fully saturated rings. The van der Waals surface area contributed by atoms with Crippen LogP contribution in [0.2, 0.25) is 0 Å². The lowest BCUT2D eigenvalue weighted by molar-refractivity contribution is 0.0921. The van der Waals surface area contributed by atoms with E-state index in [1.54, 1.807) is 6.20 Å². The summed E-state index contributed by atoms with van der Waals surface area (Å²) in [4.78, 5) is 16.0. The van der Waals surface area contributed by atoms with Crippen LogP contribution in [-0.4, -0.2) is 32.9 Å². The third kappa shape index (κ3) is 3.89. The summed E-state index contributed by atoms with van der Waals surface area (Å²) in [5, 5.41) is 2.35. The Morgan fingerprint density at radius 3 is 2.76 bits per heavy atom. The van der Waals surface area contributed by atoms with Crippen molar-refractivity contribution in [2.24, 2.45) is 0 Å². The smallest absolute Gasteiger partial charge is 0.287 e. The van der Waals surface area contributed by atoms with Crippen molar-refractivity contribution in [2.75, 3.05) is 13.6 Å². The van der Waals surface area contributed by atoms with Crippen molar-refractivity contribution in [2.45, 2.75) is 11.5 Å². The minimum Gasteiger partial charge on any atom is -0.438 e. The number of nitrogens with one attached hydrogen (secondary N) is 2. The minimum atomic E-state index is -3.68. The molecule has 0 aliphatic rings. The van der Waals surface area contributed by atoms with Crippen molar-refractivity contribution < 1.29 is 17.6 Å². The van der Waals surface area contributed by atoms with E-state index in [-0.39, 0.29) is 10.9 Å². The second-order valence-corrected chi connectivity index (χ2v) is 5.97. The fourth-order valence-electron chi connectivity index (χ4n) is 1.62. The first-order valence-corrected chi connectivity index (χ1v) is 7.73. The standard InChI is InChI=1S/C13H15N3O4S/c1-14-21(18,19)12-6-5-11(20-12)13(17)16-9-7-10-4-2-3-8-15-10/h2-6,8,14H,7,9H2,1H3,(H,16,17). The SMILES string of the molecule is CNS(=O)(=O)c1ccc(C(=O)NCCc2ccccn2)o1. The zero-order chi connectivity index (χ0) is 15.3. The predicted octanol–water partition coefficient (Wildman–Crippen LogP) is 0.555. The molecule has 2 N–H and O–H groups in total. The topological polar surface area (TPSA) is 101 Å². The van der Waals surface area contributed by atoms with E-state index in [1.807, 2.05) is 18.2 Å². The molecule has 21 heavy (non-hydrogen) atoms. The highest BCUT2D eigenvalue weighted by molar-refractivity contribution is 7.89. The van der Waals surface area contributed by atoms with Gasteiger partial charge in [-0.3, -0.25) is 9.78 Å². The van der Waals surface area contributed by atoms with E-state index in [4.69, 9.17) is 4.42 Å². The van der Waals surface area contributed by atoms with Gasteiger partial charge in [0.2, 0.25) is 5.09 Å². The number of carbonyl (C=O) groups is 1. The monoisotopic (exact) mass is 309 g/mol. The van der Waals surface area contributed by atoms with Crippen LogP contribution in [0, 0.1) is 0 Å². The molecule has 8 heteroatoms. The lowest BCUT2D eigenvalue weighted by Crippen LogP contribution is -2.25. The number of amides is 1. The highest BCUT2D eigenvalue weighted by Gasteiger charge is 2.19. The Kier molecular flexibility index (Phi) is 4.71. The molecule has 2 aromatic heterocycles. The fourth-order valence-corrected chi connectivity index (χ4v) is 2.27. The Labute approximate surface area is 122 Å². The van der Waals surface area contributed by atoms with Gasteiger partial charge in [-0.2, -0.15) is 0 Å². The third-order valence-corrected chi connectivity index (χ3v) is 4.02. The zero-order valence-corrected chi connectivity index (χ0v) is 12.2. The highest BCUT2D eigenvalue weighted by Crippen LogP contribution is 2.13. The van der Waals surface area contributed by atoms with Gasteiger partial charge in [-0.25, -0.2) is 13.1 Å².